The highest BCUT2D eigenvalue weighted by Gasteiger charge is 2.53. The predicted molar refractivity (Wildman–Crippen MR) is 71.5 cm³/mol. The summed E-state index contributed by atoms with van der Waals surface area (Å²) >= 11 is 7.30. The molecule has 0 saturated heterocycles. The number of hydrogen-bond acceptors (Lipinski definition) is 4. The maximum atomic E-state index is 10.5. The van der Waals surface area contributed by atoms with Crippen LogP contribution in [0.2, 0.25) is 5.15 Å². The Labute approximate surface area is 114 Å². The summed E-state index contributed by atoms with van der Waals surface area (Å²) in [5.74, 6) is 0. The number of aromatic nitrogens is 1. The zero-order valence-corrected chi connectivity index (χ0v) is 11.3. The van der Waals surface area contributed by atoms with E-state index in [4.69, 9.17) is 16.9 Å². The molecule has 1 saturated carbocycles. The van der Waals surface area contributed by atoms with Gasteiger partial charge in [-0.3, -0.25) is 0 Å². The number of hydrogen-bond donors (Lipinski definition) is 1. The molecule has 2 aromatic heterocycles. The Morgan fingerprint density at radius 3 is 2.89 bits per heavy atom. The number of aliphatic hydroxyl groups is 1. The van der Waals surface area contributed by atoms with Crippen LogP contribution in [0.25, 0.3) is 10.2 Å². The summed E-state index contributed by atoms with van der Waals surface area (Å²) in [6.45, 7) is 1.88. The van der Waals surface area contributed by atoms with E-state index in [2.05, 4.69) is 11.1 Å². The molecule has 0 atom stereocenters. The van der Waals surface area contributed by atoms with Crippen molar-refractivity contribution in [2.75, 3.05) is 0 Å². The lowest BCUT2D eigenvalue weighted by molar-refractivity contribution is -0.0999. The second-order valence-electron chi connectivity index (χ2n) is 5.20. The second kappa shape index (κ2) is 3.67. The maximum Gasteiger partial charge on any atom is 0.130 e. The molecule has 0 radical (unpaired) electrons. The van der Waals surface area contributed by atoms with Crippen LogP contribution in [-0.2, 0) is 5.60 Å². The fourth-order valence-electron chi connectivity index (χ4n) is 2.62. The molecule has 0 unspecified atom stereocenters. The highest BCUT2D eigenvalue weighted by atomic mass is 35.5. The molecule has 0 aromatic carbocycles. The summed E-state index contributed by atoms with van der Waals surface area (Å²) < 4.78 is 0. The summed E-state index contributed by atoms with van der Waals surface area (Å²) in [5, 5.41) is 21.0. The Morgan fingerprint density at radius 1 is 1.50 bits per heavy atom. The van der Waals surface area contributed by atoms with E-state index in [-0.39, 0.29) is 0 Å². The topological polar surface area (TPSA) is 56.9 Å². The maximum absolute atomic E-state index is 10.5. The number of nitriles is 1. The first-order valence-electron chi connectivity index (χ1n) is 5.64. The molecule has 3 nitrogen and oxygen atoms in total. The van der Waals surface area contributed by atoms with E-state index in [1.54, 1.807) is 6.07 Å². The monoisotopic (exact) mass is 278 g/mol. The molecule has 2 aromatic rings. The number of pyridine rings is 1. The highest BCUT2D eigenvalue weighted by Crippen LogP contribution is 2.55. The molecule has 92 valence electrons. The average Bonchev–Trinajstić information content (AvgIpc) is 2.70. The van der Waals surface area contributed by atoms with Crippen LogP contribution in [0.5, 0.6) is 0 Å². The van der Waals surface area contributed by atoms with Gasteiger partial charge in [0.2, 0.25) is 0 Å². The number of halogens is 1. The van der Waals surface area contributed by atoms with E-state index in [1.807, 2.05) is 19.1 Å². The third-order valence-corrected chi connectivity index (χ3v) is 4.89. The number of nitrogens with zero attached hydrogens (tertiary/aromatic N) is 2. The molecule has 1 N–H and O–H groups in total. The van der Waals surface area contributed by atoms with Gasteiger partial charge < -0.3 is 5.11 Å². The predicted octanol–water partition coefficient (Wildman–Crippen LogP) is 3.46. The quantitative estimate of drug-likeness (QED) is 0.813. The number of rotatable bonds is 1. The first kappa shape index (κ1) is 11.9. The Morgan fingerprint density at radius 2 is 2.22 bits per heavy atom. The van der Waals surface area contributed by atoms with Gasteiger partial charge in [-0.1, -0.05) is 11.6 Å². The summed E-state index contributed by atoms with van der Waals surface area (Å²) in [6, 6.07) is 7.84. The fourth-order valence-corrected chi connectivity index (χ4v) is 3.93. The molecule has 0 amide bonds. The fraction of sp³-hybridized carbons (Fsp3) is 0.385. The Bertz CT molecular complexity index is 667. The van der Waals surface area contributed by atoms with Gasteiger partial charge in [0, 0.05) is 10.3 Å². The SMILES string of the molecule is CC1(C#N)CC(O)(c2cc3ccc(Cl)nc3s2)C1. The van der Waals surface area contributed by atoms with Gasteiger partial charge in [0.1, 0.15) is 15.6 Å². The standard InChI is InChI=1S/C13H11ClN2OS/c1-12(7-15)5-13(17,6-12)9-4-8-2-3-10(14)16-11(8)18-9/h2-4,17H,5-6H2,1H3. The molecule has 5 heteroatoms. The largest absolute Gasteiger partial charge is 0.384 e. The molecule has 0 spiro atoms. The lowest BCUT2D eigenvalue weighted by Crippen LogP contribution is -2.46. The summed E-state index contributed by atoms with van der Waals surface area (Å²) in [7, 11) is 0. The van der Waals surface area contributed by atoms with Gasteiger partial charge in [-0.2, -0.15) is 5.26 Å². The van der Waals surface area contributed by atoms with Crippen molar-refractivity contribution in [3.63, 3.8) is 0 Å². The van der Waals surface area contributed by atoms with Crippen molar-refractivity contribution in [2.45, 2.75) is 25.4 Å². The van der Waals surface area contributed by atoms with Crippen molar-refractivity contribution >= 4 is 33.2 Å². The molecule has 2 heterocycles. The van der Waals surface area contributed by atoms with E-state index in [0.29, 0.717) is 18.0 Å². The molecule has 0 bridgehead atoms. The van der Waals surface area contributed by atoms with Gasteiger partial charge in [0.15, 0.2) is 0 Å². The van der Waals surface area contributed by atoms with Crippen LogP contribution in [0.4, 0.5) is 0 Å². The van der Waals surface area contributed by atoms with Gasteiger partial charge in [-0.25, -0.2) is 4.98 Å². The summed E-state index contributed by atoms with van der Waals surface area (Å²) in [4.78, 5) is 5.94. The zero-order chi connectivity index (χ0) is 13.0. The third kappa shape index (κ3) is 1.71. The third-order valence-electron chi connectivity index (χ3n) is 3.44. The van der Waals surface area contributed by atoms with E-state index < -0.39 is 11.0 Å². The van der Waals surface area contributed by atoms with Gasteiger partial charge >= 0.3 is 0 Å². The van der Waals surface area contributed by atoms with Gasteiger partial charge in [-0.15, -0.1) is 11.3 Å². The molecular weight excluding hydrogens is 268 g/mol. The van der Waals surface area contributed by atoms with Crippen LogP contribution >= 0.6 is 22.9 Å². The number of fused-ring (bicyclic) bond motifs is 1. The Hall–Kier alpha value is -1.15. The first-order valence-corrected chi connectivity index (χ1v) is 6.84. The Balaban J connectivity index is 1.99. The van der Waals surface area contributed by atoms with Crippen LogP contribution in [0.3, 0.4) is 0 Å². The van der Waals surface area contributed by atoms with Crippen molar-refractivity contribution < 1.29 is 5.11 Å². The lowest BCUT2D eigenvalue weighted by atomic mass is 9.60. The lowest BCUT2D eigenvalue weighted by Gasteiger charge is -2.46. The first-order chi connectivity index (χ1) is 8.44. The van der Waals surface area contributed by atoms with Crippen molar-refractivity contribution in [1.82, 2.24) is 4.98 Å². The molecule has 1 fully saturated rings. The minimum atomic E-state index is -0.873. The van der Waals surface area contributed by atoms with E-state index in [1.165, 1.54) is 11.3 Å². The smallest absolute Gasteiger partial charge is 0.130 e. The summed E-state index contributed by atoms with van der Waals surface area (Å²) in [6.07, 6.45) is 0.966. The van der Waals surface area contributed by atoms with Crippen LogP contribution in [0.1, 0.15) is 24.6 Å². The van der Waals surface area contributed by atoms with Gasteiger partial charge in [0.05, 0.1) is 11.5 Å². The normalized spacial score (nSPS) is 31.0. The van der Waals surface area contributed by atoms with Crippen LogP contribution in [0, 0.1) is 16.7 Å². The average molecular weight is 279 g/mol. The highest BCUT2D eigenvalue weighted by molar-refractivity contribution is 7.18. The van der Waals surface area contributed by atoms with E-state index in [9.17, 15) is 5.11 Å². The number of thiophene rings is 1. The second-order valence-corrected chi connectivity index (χ2v) is 6.61. The van der Waals surface area contributed by atoms with Gasteiger partial charge in [0.25, 0.3) is 0 Å². The van der Waals surface area contributed by atoms with Crippen molar-refractivity contribution in [2.24, 2.45) is 5.41 Å². The van der Waals surface area contributed by atoms with Crippen molar-refractivity contribution in [1.29, 1.82) is 5.26 Å². The zero-order valence-electron chi connectivity index (χ0n) is 9.77. The summed E-state index contributed by atoms with van der Waals surface area (Å²) in [5.41, 5.74) is -1.28. The molecule has 1 aliphatic rings. The molecule has 0 aliphatic heterocycles. The molecular formula is C13H11ClN2OS. The molecule has 1 aliphatic carbocycles. The molecule has 3 rings (SSSR count). The van der Waals surface area contributed by atoms with Crippen molar-refractivity contribution in [3.05, 3.63) is 28.2 Å². The van der Waals surface area contributed by atoms with Crippen LogP contribution in [0.15, 0.2) is 18.2 Å². The molecule has 18 heavy (non-hydrogen) atoms. The van der Waals surface area contributed by atoms with Crippen molar-refractivity contribution in [3.8, 4) is 6.07 Å². The van der Waals surface area contributed by atoms with Crippen LogP contribution < -0.4 is 0 Å². The minimum absolute atomic E-state index is 0.407. The van der Waals surface area contributed by atoms with Gasteiger partial charge in [-0.05, 0) is 38.0 Å². The van der Waals surface area contributed by atoms with E-state index >= 15 is 0 Å². The Kier molecular flexibility index (Phi) is 2.43. The minimum Gasteiger partial charge on any atom is -0.384 e. The van der Waals surface area contributed by atoms with Crippen LogP contribution in [-0.4, -0.2) is 10.1 Å². The van der Waals surface area contributed by atoms with E-state index in [0.717, 1.165) is 15.1 Å².